The van der Waals surface area contributed by atoms with Crippen molar-refractivity contribution in [2.45, 2.75) is 11.7 Å². The smallest absolute Gasteiger partial charge is 0.230 e. The zero-order chi connectivity index (χ0) is 18.4. The van der Waals surface area contributed by atoms with Crippen LogP contribution in [0.15, 0.2) is 59.8 Å². The molecule has 134 valence electrons. The van der Waals surface area contributed by atoms with Crippen molar-refractivity contribution in [2.24, 2.45) is 0 Å². The number of hydrogen-bond acceptors (Lipinski definition) is 6. The Bertz CT molecular complexity index is 848. The maximum absolute atomic E-state index is 12.1. The minimum absolute atomic E-state index is 0.0608. The van der Waals surface area contributed by atoms with Crippen LogP contribution >= 0.6 is 11.8 Å². The highest BCUT2D eigenvalue weighted by molar-refractivity contribution is 7.99. The fraction of sp³-hybridized carbons (Fsp3) is 0.222. The fourth-order valence-corrected chi connectivity index (χ4v) is 3.01. The van der Waals surface area contributed by atoms with Gasteiger partial charge >= 0.3 is 0 Å². The van der Waals surface area contributed by atoms with Gasteiger partial charge in [-0.15, -0.1) is 5.10 Å². The summed E-state index contributed by atoms with van der Waals surface area (Å²) in [6.45, 7) is 0.497. The van der Waals surface area contributed by atoms with Crippen LogP contribution in [0.3, 0.4) is 0 Å². The van der Waals surface area contributed by atoms with Crippen LogP contribution in [0.5, 0.6) is 0 Å². The lowest BCUT2D eigenvalue weighted by atomic mass is 10.2. The highest BCUT2D eigenvalue weighted by Crippen LogP contribution is 2.17. The van der Waals surface area contributed by atoms with Crippen molar-refractivity contribution in [1.29, 1.82) is 0 Å². The molecule has 0 unspecified atom stereocenters. The van der Waals surface area contributed by atoms with Crippen molar-refractivity contribution >= 4 is 23.4 Å². The molecule has 2 aromatic carbocycles. The maximum Gasteiger partial charge on any atom is 0.230 e. The van der Waals surface area contributed by atoms with E-state index < -0.39 is 0 Å². The van der Waals surface area contributed by atoms with E-state index in [0.29, 0.717) is 11.7 Å². The first-order chi connectivity index (χ1) is 12.6. The third-order valence-electron chi connectivity index (χ3n) is 3.72. The number of para-hydroxylation sites is 1. The van der Waals surface area contributed by atoms with Crippen molar-refractivity contribution < 1.29 is 4.79 Å². The number of hydrogen-bond donors (Lipinski definition) is 1. The largest absolute Gasteiger partial charge is 0.378 e. The molecule has 0 saturated carbocycles. The molecule has 1 aromatic heterocycles. The predicted octanol–water partition coefficient (Wildman–Crippen LogP) is 2.14. The first-order valence-corrected chi connectivity index (χ1v) is 9.11. The third-order valence-corrected chi connectivity index (χ3v) is 4.64. The van der Waals surface area contributed by atoms with E-state index in [4.69, 9.17) is 0 Å². The zero-order valence-electron chi connectivity index (χ0n) is 14.7. The van der Waals surface area contributed by atoms with E-state index in [0.717, 1.165) is 16.9 Å². The van der Waals surface area contributed by atoms with Crippen molar-refractivity contribution in [2.75, 3.05) is 24.7 Å². The molecular weight excluding hydrogens is 348 g/mol. The number of nitrogens with one attached hydrogen (secondary N) is 1. The van der Waals surface area contributed by atoms with Gasteiger partial charge in [0.25, 0.3) is 0 Å². The average molecular weight is 368 g/mol. The highest BCUT2D eigenvalue weighted by atomic mass is 32.2. The summed E-state index contributed by atoms with van der Waals surface area (Å²) in [6, 6.07) is 17.7. The van der Waals surface area contributed by atoms with Gasteiger partial charge in [-0.05, 0) is 40.3 Å². The van der Waals surface area contributed by atoms with Crippen molar-refractivity contribution in [1.82, 2.24) is 25.5 Å². The molecule has 3 aromatic rings. The second-order valence-electron chi connectivity index (χ2n) is 5.84. The van der Waals surface area contributed by atoms with Crippen LogP contribution in [0.1, 0.15) is 5.56 Å². The number of carbonyl (C=O) groups is 1. The van der Waals surface area contributed by atoms with Gasteiger partial charge in [-0.1, -0.05) is 42.1 Å². The summed E-state index contributed by atoms with van der Waals surface area (Å²) in [7, 11) is 3.99. The van der Waals surface area contributed by atoms with Crippen LogP contribution in [0, 0.1) is 0 Å². The van der Waals surface area contributed by atoms with Crippen LogP contribution in [-0.4, -0.2) is 46.0 Å². The van der Waals surface area contributed by atoms with Gasteiger partial charge < -0.3 is 10.2 Å². The number of rotatable bonds is 7. The van der Waals surface area contributed by atoms with Gasteiger partial charge in [-0.3, -0.25) is 4.79 Å². The van der Waals surface area contributed by atoms with Crippen molar-refractivity contribution in [3.05, 3.63) is 60.2 Å². The molecule has 0 radical (unpaired) electrons. The molecule has 0 spiro atoms. The highest BCUT2D eigenvalue weighted by Gasteiger charge is 2.11. The first kappa shape index (κ1) is 17.9. The van der Waals surface area contributed by atoms with E-state index in [2.05, 4.69) is 20.8 Å². The van der Waals surface area contributed by atoms with Crippen molar-refractivity contribution in [3.63, 3.8) is 0 Å². The molecule has 1 heterocycles. The molecule has 0 bridgehead atoms. The second-order valence-corrected chi connectivity index (χ2v) is 6.78. The lowest BCUT2D eigenvalue weighted by Gasteiger charge is -2.12. The predicted molar refractivity (Wildman–Crippen MR) is 102 cm³/mol. The number of thioether (sulfide) groups is 1. The van der Waals surface area contributed by atoms with Gasteiger partial charge in [0, 0.05) is 26.3 Å². The summed E-state index contributed by atoms with van der Waals surface area (Å²) in [5, 5.41) is 15.2. The Kier molecular flexibility index (Phi) is 5.85. The molecule has 0 saturated heterocycles. The Hall–Kier alpha value is -2.87. The summed E-state index contributed by atoms with van der Waals surface area (Å²) >= 11 is 1.31. The van der Waals surface area contributed by atoms with Gasteiger partial charge in [-0.25, -0.2) is 0 Å². The van der Waals surface area contributed by atoms with Gasteiger partial charge in [0.05, 0.1) is 11.4 Å². The standard InChI is InChI=1S/C18H20N6OS/c1-23(2)15-10-8-14(9-11-15)12-19-17(25)13-26-18-20-21-22-24(18)16-6-4-3-5-7-16/h3-11H,12-13H2,1-2H3,(H,19,25). The molecule has 7 nitrogen and oxygen atoms in total. The van der Waals surface area contributed by atoms with Crippen LogP contribution < -0.4 is 10.2 Å². The minimum atomic E-state index is -0.0608. The van der Waals surface area contributed by atoms with Crippen LogP contribution in [0.4, 0.5) is 5.69 Å². The topological polar surface area (TPSA) is 75.9 Å². The molecule has 26 heavy (non-hydrogen) atoms. The number of amides is 1. The molecular formula is C18H20N6OS. The monoisotopic (exact) mass is 368 g/mol. The number of anilines is 1. The summed E-state index contributed by atoms with van der Waals surface area (Å²) < 4.78 is 1.62. The quantitative estimate of drug-likeness (QED) is 0.644. The number of nitrogens with zero attached hydrogens (tertiary/aromatic N) is 5. The Morgan fingerprint density at radius 3 is 2.54 bits per heavy atom. The Morgan fingerprint density at radius 1 is 1.12 bits per heavy atom. The summed E-state index contributed by atoms with van der Waals surface area (Å²) in [5.41, 5.74) is 3.05. The van der Waals surface area contributed by atoms with E-state index in [-0.39, 0.29) is 11.7 Å². The molecule has 0 aliphatic carbocycles. The van der Waals surface area contributed by atoms with Crippen LogP contribution in [-0.2, 0) is 11.3 Å². The lowest BCUT2D eigenvalue weighted by Crippen LogP contribution is -2.24. The number of benzene rings is 2. The maximum atomic E-state index is 12.1. The van der Waals surface area contributed by atoms with E-state index in [1.165, 1.54) is 11.8 Å². The van der Waals surface area contributed by atoms with Gasteiger partial charge in [0.2, 0.25) is 11.1 Å². The number of carbonyl (C=O) groups excluding carboxylic acids is 1. The van der Waals surface area contributed by atoms with E-state index >= 15 is 0 Å². The molecule has 3 rings (SSSR count). The molecule has 8 heteroatoms. The van der Waals surface area contributed by atoms with E-state index in [1.54, 1.807) is 4.68 Å². The number of aromatic nitrogens is 4. The Balaban J connectivity index is 1.51. The lowest BCUT2D eigenvalue weighted by molar-refractivity contribution is -0.118. The molecule has 1 N–H and O–H groups in total. The molecule has 0 fully saturated rings. The fourth-order valence-electron chi connectivity index (χ4n) is 2.29. The number of tetrazole rings is 1. The van der Waals surface area contributed by atoms with Gasteiger partial charge in [-0.2, -0.15) is 4.68 Å². The van der Waals surface area contributed by atoms with Crippen LogP contribution in [0.25, 0.3) is 5.69 Å². The SMILES string of the molecule is CN(C)c1ccc(CNC(=O)CSc2nnnn2-c2ccccc2)cc1. The Morgan fingerprint density at radius 2 is 1.85 bits per heavy atom. The average Bonchev–Trinajstić information content (AvgIpc) is 3.14. The summed E-state index contributed by atoms with van der Waals surface area (Å²) in [4.78, 5) is 14.2. The first-order valence-electron chi connectivity index (χ1n) is 8.13. The minimum Gasteiger partial charge on any atom is -0.378 e. The second kappa shape index (κ2) is 8.48. The summed E-state index contributed by atoms with van der Waals surface area (Å²) in [5.74, 6) is 0.192. The van der Waals surface area contributed by atoms with Crippen LogP contribution in [0.2, 0.25) is 0 Å². The molecule has 1 amide bonds. The van der Waals surface area contributed by atoms with Crippen molar-refractivity contribution in [3.8, 4) is 5.69 Å². The van der Waals surface area contributed by atoms with Gasteiger partial charge in [0.15, 0.2) is 0 Å². The van der Waals surface area contributed by atoms with E-state index in [1.807, 2.05) is 73.6 Å². The molecule has 0 aliphatic heterocycles. The van der Waals surface area contributed by atoms with Gasteiger partial charge in [0.1, 0.15) is 0 Å². The molecule has 0 aliphatic rings. The Labute approximate surface area is 156 Å². The third kappa shape index (κ3) is 4.60. The normalized spacial score (nSPS) is 10.5. The van der Waals surface area contributed by atoms with E-state index in [9.17, 15) is 4.79 Å². The zero-order valence-corrected chi connectivity index (χ0v) is 15.5. The summed E-state index contributed by atoms with van der Waals surface area (Å²) in [6.07, 6.45) is 0. The molecule has 0 atom stereocenters.